The van der Waals surface area contributed by atoms with Gasteiger partial charge in [-0.05, 0) is 29.6 Å². The molecular formula is C24H29F4NO5. The Morgan fingerprint density at radius 1 is 1.21 bits per heavy atom. The van der Waals surface area contributed by atoms with Gasteiger partial charge in [-0.25, -0.2) is 4.39 Å². The first kappa shape index (κ1) is 27.7. The fourth-order valence-corrected chi connectivity index (χ4v) is 3.81. The van der Waals surface area contributed by atoms with Crippen molar-refractivity contribution in [3.63, 3.8) is 0 Å². The zero-order chi connectivity index (χ0) is 25.5. The van der Waals surface area contributed by atoms with Crippen LogP contribution in [0.4, 0.5) is 17.6 Å². The van der Waals surface area contributed by atoms with E-state index in [0.717, 1.165) is 13.2 Å². The minimum absolute atomic E-state index is 0.0367. The Morgan fingerprint density at radius 3 is 2.35 bits per heavy atom. The van der Waals surface area contributed by atoms with Gasteiger partial charge in [-0.2, -0.15) is 13.2 Å². The molecule has 1 aliphatic carbocycles. The van der Waals surface area contributed by atoms with Gasteiger partial charge in [0.2, 0.25) is 5.85 Å². The average molecular weight is 487 g/mol. The van der Waals surface area contributed by atoms with Crippen LogP contribution in [0.2, 0.25) is 0 Å². The van der Waals surface area contributed by atoms with Gasteiger partial charge in [-0.1, -0.05) is 44.2 Å². The molecule has 0 fully saturated rings. The van der Waals surface area contributed by atoms with Crippen molar-refractivity contribution in [2.24, 2.45) is 5.92 Å². The van der Waals surface area contributed by atoms with Crippen LogP contribution in [-0.4, -0.2) is 57.4 Å². The highest BCUT2D eigenvalue weighted by atomic mass is 19.4. The maximum atomic E-state index is 16.2. The van der Waals surface area contributed by atoms with Crippen molar-refractivity contribution in [1.29, 1.82) is 0 Å². The molecule has 6 nitrogen and oxygen atoms in total. The SMILES string of the molecule is COCOC1(F)CC(C(NC(CC(C)C)C(=O)OC)C(F)(F)F)=C(C=O)C=C1c1ccccc1. The van der Waals surface area contributed by atoms with E-state index in [9.17, 15) is 22.8 Å². The Hall–Kier alpha value is -2.56. The van der Waals surface area contributed by atoms with Crippen molar-refractivity contribution in [3.8, 4) is 0 Å². The number of ether oxygens (including phenoxy) is 3. The number of methoxy groups -OCH3 is 2. The molecule has 188 valence electrons. The zero-order valence-electron chi connectivity index (χ0n) is 19.4. The van der Waals surface area contributed by atoms with Gasteiger partial charge in [0.25, 0.3) is 0 Å². The molecular weight excluding hydrogens is 458 g/mol. The van der Waals surface area contributed by atoms with E-state index in [1.54, 1.807) is 44.2 Å². The first-order valence-corrected chi connectivity index (χ1v) is 10.6. The topological polar surface area (TPSA) is 73.9 Å². The van der Waals surface area contributed by atoms with E-state index in [1.807, 2.05) is 0 Å². The van der Waals surface area contributed by atoms with Crippen LogP contribution in [0.5, 0.6) is 0 Å². The fourth-order valence-electron chi connectivity index (χ4n) is 3.81. The van der Waals surface area contributed by atoms with Crippen LogP contribution in [0.15, 0.2) is 47.6 Å². The van der Waals surface area contributed by atoms with Crippen LogP contribution in [-0.2, 0) is 23.8 Å². The monoisotopic (exact) mass is 487 g/mol. The maximum Gasteiger partial charge on any atom is 0.407 e. The number of halogens is 4. The van der Waals surface area contributed by atoms with Crippen molar-refractivity contribution < 1.29 is 41.4 Å². The summed E-state index contributed by atoms with van der Waals surface area (Å²) in [4.78, 5) is 24.1. The third-order valence-corrected chi connectivity index (χ3v) is 5.34. The molecule has 0 amide bonds. The quantitative estimate of drug-likeness (QED) is 0.216. The van der Waals surface area contributed by atoms with E-state index >= 15 is 4.39 Å². The van der Waals surface area contributed by atoms with E-state index < -0.39 is 48.9 Å². The first-order chi connectivity index (χ1) is 16.0. The van der Waals surface area contributed by atoms with Crippen molar-refractivity contribution in [3.05, 3.63) is 53.1 Å². The van der Waals surface area contributed by atoms with Crippen LogP contribution < -0.4 is 5.32 Å². The van der Waals surface area contributed by atoms with E-state index in [4.69, 9.17) is 9.47 Å². The highest BCUT2D eigenvalue weighted by Crippen LogP contribution is 2.45. The summed E-state index contributed by atoms with van der Waals surface area (Å²) in [6.07, 6.45) is -4.53. The summed E-state index contributed by atoms with van der Waals surface area (Å²) in [7, 11) is 2.31. The van der Waals surface area contributed by atoms with Gasteiger partial charge in [0.05, 0.1) is 7.11 Å². The lowest BCUT2D eigenvalue weighted by Crippen LogP contribution is -2.53. The standard InChI is InChI=1S/C24H29F4NO5/c1-15(2)10-20(22(31)33-4)29-21(24(26,27)28)18-12-23(25,34-14-32-3)19(11-17(18)13-30)16-8-6-5-7-9-16/h5-9,11,13,15,20-21,29H,10,12,14H2,1-4H3. The van der Waals surface area contributed by atoms with Crippen molar-refractivity contribution in [2.45, 2.75) is 50.8 Å². The van der Waals surface area contributed by atoms with Crippen molar-refractivity contribution in [1.82, 2.24) is 5.32 Å². The molecule has 10 heteroatoms. The van der Waals surface area contributed by atoms with E-state index in [2.05, 4.69) is 10.1 Å². The summed E-state index contributed by atoms with van der Waals surface area (Å²) in [5.41, 5.74) is -0.707. The Labute approximate surface area is 195 Å². The maximum absolute atomic E-state index is 16.2. The smallest absolute Gasteiger partial charge is 0.407 e. The van der Waals surface area contributed by atoms with Crippen LogP contribution >= 0.6 is 0 Å². The Kier molecular flexibility index (Phi) is 9.54. The second kappa shape index (κ2) is 11.7. The van der Waals surface area contributed by atoms with Crippen LogP contribution in [0.3, 0.4) is 0 Å². The number of hydrogen-bond acceptors (Lipinski definition) is 6. The second-order valence-electron chi connectivity index (χ2n) is 8.33. The molecule has 0 radical (unpaired) electrons. The van der Waals surface area contributed by atoms with Gasteiger partial charge in [0, 0.05) is 24.7 Å². The van der Waals surface area contributed by atoms with Gasteiger partial charge in [0.15, 0.2) is 0 Å². The number of carbonyl (C=O) groups excluding carboxylic acids is 2. The molecule has 0 aromatic heterocycles. The van der Waals surface area contributed by atoms with Gasteiger partial charge < -0.3 is 14.2 Å². The van der Waals surface area contributed by atoms with Crippen LogP contribution in [0.1, 0.15) is 32.3 Å². The second-order valence-corrected chi connectivity index (χ2v) is 8.33. The van der Waals surface area contributed by atoms with Crippen LogP contribution in [0, 0.1) is 5.92 Å². The van der Waals surface area contributed by atoms with Gasteiger partial charge in [0.1, 0.15) is 25.2 Å². The molecule has 0 heterocycles. The van der Waals surface area contributed by atoms with Crippen molar-refractivity contribution in [2.75, 3.05) is 21.0 Å². The first-order valence-electron chi connectivity index (χ1n) is 10.6. The third-order valence-electron chi connectivity index (χ3n) is 5.34. The molecule has 3 atom stereocenters. The number of rotatable bonds is 11. The molecule has 3 unspecified atom stereocenters. The molecule has 0 spiro atoms. The van der Waals surface area contributed by atoms with E-state index in [0.29, 0.717) is 5.56 Å². The lowest BCUT2D eigenvalue weighted by Gasteiger charge is -2.37. The minimum atomic E-state index is -4.95. The summed E-state index contributed by atoms with van der Waals surface area (Å²) in [5.74, 6) is -3.76. The minimum Gasteiger partial charge on any atom is -0.468 e. The van der Waals surface area contributed by atoms with Crippen LogP contribution in [0.25, 0.3) is 5.57 Å². The summed E-state index contributed by atoms with van der Waals surface area (Å²) in [5, 5.41) is 2.26. The number of benzene rings is 1. The molecule has 1 aromatic rings. The molecule has 1 aromatic carbocycles. The van der Waals surface area contributed by atoms with Gasteiger partial charge in [-0.15, -0.1) is 0 Å². The summed E-state index contributed by atoms with van der Waals surface area (Å²) in [6, 6.07) is 4.23. The molecule has 0 bridgehead atoms. The van der Waals surface area contributed by atoms with Crippen molar-refractivity contribution >= 4 is 17.8 Å². The Morgan fingerprint density at radius 2 is 1.85 bits per heavy atom. The molecule has 0 saturated heterocycles. The van der Waals surface area contributed by atoms with Gasteiger partial charge >= 0.3 is 12.1 Å². The molecule has 1 aliphatic rings. The number of alkyl halides is 4. The predicted molar refractivity (Wildman–Crippen MR) is 117 cm³/mol. The number of allylic oxidation sites excluding steroid dienone is 2. The highest BCUT2D eigenvalue weighted by Gasteiger charge is 2.50. The summed E-state index contributed by atoms with van der Waals surface area (Å²) >= 11 is 0. The third kappa shape index (κ3) is 6.74. The average Bonchev–Trinajstić information content (AvgIpc) is 2.79. The predicted octanol–water partition coefficient (Wildman–Crippen LogP) is 4.36. The Balaban J connectivity index is 2.63. The molecule has 0 saturated carbocycles. The summed E-state index contributed by atoms with van der Waals surface area (Å²) in [6.45, 7) is 2.93. The number of hydrogen-bond donors (Lipinski definition) is 1. The Bertz CT molecular complexity index is 914. The highest BCUT2D eigenvalue weighted by molar-refractivity contribution is 5.88. The number of nitrogens with one attached hydrogen (secondary N) is 1. The number of carbonyl (C=O) groups is 2. The van der Waals surface area contributed by atoms with Gasteiger partial charge in [-0.3, -0.25) is 14.9 Å². The van der Waals surface area contributed by atoms with E-state index in [-0.39, 0.29) is 29.8 Å². The molecule has 2 rings (SSSR count). The lowest BCUT2D eigenvalue weighted by molar-refractivity contribution is -0.172. The number of esters is 1. The molecule has 0 aliphatic heterocycles. The lowest BCUT2D eigenvalue weighted by atomic mass is 9.81. The largest absolute Gasteiger partial charge is 0.468 e. The normalized spacial score (nSPS) is 20.7. The fraction of sp³-hybridized carbons (Fsp3) is 0.500. The summed E-state index contributed by atoms with van der Waals surface area (Å²) < 4.78 is 73.5. The van der Waals surface area contributed by atoms with E-state index in [1.165, 1.54) is 7.11 Å². The molecule has 1 N–H and O–H groups in total. The number of aldehydes is 1. The zero-order valence-corrected chi connectivity index (χ0v) is 19.4. The molecule has 34 heavy (non-hydrogen) atoms.